The van der Waals surface area contributed by atoms with E-state index in [0.29, 0.717) is 29.6 Å². The van der Waals surface area contributed by atoms with E-state index < -0.39 is 42.5 Å². The highest BCUT2D eigenvalue weighted by Gasteiger charge is 2.32. The normalized spacial score (nSPS) is 20.2. The van der Waals surface area contributed by atoms with Crippen LogP contribution < -0.4 is 4.90 Å². The highest BCUT2D eigenvalue weighted by molar-refractivity contribution is 5.67. The van der Waals surface area contributed by atoms with E-state index in [1.165, 1.54) is 32.9 Å². The molecule has 5 rings (SSSR count). The summed E-state index contributed by atoms with van der Waals surface area (Å²) in [5.41, 5.74) is 1.27. The lowest BCUT2D eigenvalue weighted by Crippen LogP contribution is -2.43. The van der Waals surface area contributed by atoms with E-state index >= 15 is 0 Å². The summed E-state index contributed by atoms with van der Waals surface area (Å²) in [5, 5.41) is 12.7. The molecular weight excluding hydrogens is 631 g/mol. The molecule has 258 valence electrons. The van der Waals surface area contributed by atoms with E-state index in [1.807, 2.05) is 4.90 Å². The van der Waals surface area contributed by atoms with Gasteiger partial charge in [-0.1, -0.05) is 29.6 Å². The smallest absolute Gasteiger partial charge is 0.325 e. The summed E-state index contributed by atoms with van der Waals surface area (Å²) in [5.74, 6) is -1.53. The largest absolute Gasteiger partial charge is 0.463 e. The second kappa shape index (κ2) is 16.4. The van der Waals surface area contributed by atoms with Crippen LogP contribution in [0, 0.1) is 5.82 Å². The summed E-state index contributed by atoms with van der Waals surface area (Å²) in [7, 11) is 0. The number of aromatic nitrogens is 5. The van der Waals surface area contributed by atoms with Crippen molar-refractivity contribution in [3.63, 3.8) is 0 Å². The Morgan fingerprint density at radius 1 is 1.04 bits per heavy atom. The minimum atomic E-state index is -0.889. The van der Waals surface area contributed by atoms with E-state index in [9.17, 15) is 18.8 Å². The lowest BCUT2D eigenvalue weighted by Gasteiger charge is -2.32. The second-order valence-electron chi connectivity index (χ2n) is 11.6. The predicted molar refractivity (Wildman–Crippen MR) is 164 cm³/mol. The van der Waals surface area contributed by atoms with Gasteiger partial charge in [0.05, 0.1) is 25.9 Å². The third-order valence-corrected chi connectivity index (χ3v) is 7.75. The number of nitrogens with zero attached hydrogens (tertiary/aromatic N) is 6. The van der Waals surface area contributed by atoms with Crippen LogP contribution in [0.4, 0.5) is 10.4 Å². The van der Waals surface area contributed by atoms with Gasteiger partial charge in [-0.25, -0.2) is 9.07 Å². The number of anilines is 1. The molecule has 0 unspecified atom stereocenters. The van der Waals surface area contributed by atoms with Crippen LogP contribution in [0.5, 0.6) is 0 Å². The molecule has 2 aliphatic rings. The Bertz CT molecular complexity index is 1560. The minimum Gasteiger partial charge on any atom is -0.463 e. The van der Waals surface area contributed by atoms with Gasteiger partial charge in [0.1, 0.15) is 36.4 Å². The van der Waals surface area contributed by atoms with Crippen molar-refractivity contribution in [1.29, 1.82) is 0 Å². The van der Waals surface area contributed by atoms with E-state index in [1.54, 1.807) is 35.2 Å². The number of hydrogen-bond acceptors (Lipinski definition) is 14. The third-order valence-electron chi connectivity index (χ3n) is 7.75. The predicted octanol–water partition coefficient (Wildman–Crippen LogP) is 3.53. The molecule has 0 saturated heterocycles. The van der Waals surface area contributed by atoms with Gasteiger partial charge in [-0.2, -0.15) is 4.98 Å². The molecule has 15 nitrogen and oxygen atoms in total. The zero-order valence-electron chi connectivity index (χ0n) is 27.0. The number of carbonyl (C=O) groups is 3. The summed E-state index contributed by atoms with van der Waals surface area (Å²) in [6.07, 6.45) is 6.92. The monoisotopic (exact) mass is 670 g/mol. The Morgan fingerprint density at radius 2 is 1.81 bits per heavy atom. The van der Waals surface area contributed by atoms with Crippen LogP contribution in [0.3, 0.4) is 0 Å². The number of benzene rings is 1. The van der Waals surface area contributed by atoms with Crippen molar-refractivity contribution < 1.29 is 47.0 Å². The van der Waals surface area contributed by atoms with E-state index in [2.05, 4.69) is 20.5 Å². The molecule has 0 N–H and O–H groups in total. The number of ether oxygens (including phenoxy) is 5. The average Bonchev–Trinajstić information content (AvgIpc) is 3.72. The maximum atomic E-state index is 13.4. The fourth-order valence-electron chi connectivity index (χ4n) is 5.59. The summed E-state index contributed by atoms with van der Waals surface area (Å²) in [4.78, 5) is 41.4. The molecule has 1 saturated carbocycles. The number of halogens is 1. The third kappa shape index (κ3) is 9.90. The maximum Gasteiger partial charge on any atom is 0.325 e. The molecule has 48 heavy (non-hydrogen) atoms. The average molecular weight is 671 g/mol. The van der Waals surface area contributed by atoms with Gasteiger partial charge in [-0.3, -0.25) is 14.4 Å². The molecule has 1 aliphatic heterocycles. The first-order chi connectivity index (χ1) is 23.1. The van der Waals surface area contributed by atoms with Gasteiger partial charge in [0.2, 0.25) is 5.82 Å². The van der Waals surface area contributed by atoms with Gasteiger partial charge in [0, 0.05) is 32.4 Å². The highest BCUT2D eigenvalue weighted by atomic mass is 19.1. The first-order valence-electron chi connectivity index (χ1n) is 15.8. The number of hydrogen-bond donors (Lipinski definition) is 0. The molecule has 16 heteroatoms. The molecule has 0 spiro atoms. The topological polar surface area (TPSA) is 170 Å². The van der Waals surface area contributed by atoms with Gasteiger partial charge in [0.25, 0.3) is 0 Å². The van der Waals surface area contributed by atoms with Crippen molar-refractivity contribution in [2.75, 3.05) is 18.1 Å². The Balaban J connectivity index is 1.24. The summed E-state index contributed by atoms with van der Waals surface area (Å²) < 4.78 is 48.2. The molecular formula is C32H39FN6O9. The van der Waals surface area contributed by atoms with Gasteiger partial charge in [-0.15, -0.1) is 5.10 Å². The highest BCUT2D eigenvalue weighted by Crippen LogP contribution is 2.29. The molecule has 1 aromatic carbocycles. The molecule has 3 heterocycles. The van der Waals surface area contributed by atoms with E-state index in [4.69, 9.17) is 28.2 Å². The second-order valence-corrected chi connectivity index (χ2v) is 11.6. The van der Waals surface area contributed by atoms with Crippen LogP contribution in [-0.4, -0.2) is 86.9 Å². The van der Waals surface area contributed by atoms with Crippen LogP contribution in [-0.2, 0) is 51.2 Å². The molecule has 1 fully saturated rings. The van der Waals surface area contributed by atoms with Gasteiger partial charge < -0.3 is 33.1 Å². The number of rotatable bonds is 14. The van der Waals surface area contributed by atoms with Gasteiger partial charge >= 0.3 is 23.9 Å². The standard InChI is InChI=1S/C32H39FN6O9/c1-20(40)43-19-29-28(46-22(3)42)13-14-30(47-29)44-18-27(45-21(2)41)17-38-15-25(35-37-38)16-39(26-7-5-4-6-8-26)32-34-31(36-48-32)23-9-11-24(33)12-10-23/h9-15,26-30H,4-8,16-19H2,1-3H3/t27-,28+,29-,30+/m1/s1. The summed E-state index contributed by atoms with van der Waals surface area (Å²) in [6.45, 7) is 4.09. The molecule has 0 radical (unpaired) electrons. The van der Waals surface area contributed by atoms with Crippen molar-refractivity contribution in [3.05, 3.63) is 54.1 Å². The Morgan fingerprint density at radius 3 is 2.52 bits per heavy atom. The Kier molecular flexibility index (Phi) is 11.8. The molecule has 4 atom stereocenters. The fourth-order valence-corrected chi connectivity index (χ4v) is 5.59. The van der Waals surface area contributed by atoms with Crippen LogP contribution in [0.15, 0.2) is 47.1 Å². The van der Waals surface area contributed by atoms with E-state index in [-0.39, 0.29) is 31.6 Å². The van der Waals surface area contributed by atoms with Gasteiger partial charge in [-0.05, 0) is 49.3 Å². The van der Waals surface area contributed by atoms with Crippen molar-refractivity contribution in [3.8, 4) is 11.4 Å². The number of esters is 3. The maximum absolute atomic E-state index is 13.4. The summed E-state index contributed by atoms with van der Waals surface area (Å²) in [6, 6.07) is 6.38. The first kappa shape index (κ1) is 34.6. The van der Waals surface area contributed by atoms with Crippen molar-refractivity contribution >= 4 is 23.9 Å². The van der Waals surface area contributed by atoms with Crippen LogP contribution in [0.25, 0.3) is 11.4 Å². The lowest BCUT2D eigenvalue weighted by atomic mass is 9.94. The van der Waals surface area contributed by atoms with Crippen LogP contribution >= 0.6 is 0 Å². The molecule has 0 bridgehead atoms. The molecule has 2 aromatic heterocycles. The van der Waals surface area contributed by atoms with Crippen molar-refractivity contribution in [2.45, 2.75) is 96.6 Å². The van der Waals surface area contributed by atoms with Crippen molar-refractivity contribution in [2.24, 2.45) is 0 Å². The molecule has 1 aliphatic carbocycles. The SMILES string of the molecule is CC(=O)OC[C@H]1O[C@H](OC[C@@H](Cn2cc(CN(c3nc(-c4ccc(F)cc4)no3)C3CCCCC3)nn2)OC(C)=O)C=C[C@@H]1OC(C)=O. The van der Waals surface area contributed by atoms with Crippen LogP contribution in [0.2, 0.25) is 0 Å². The minimum absolute atomic E-state index is 0.0648. The van der Waals surface area contributed by atoms with Gasteiger partial charge in [0.15, 0.2) is 6.29 Å². The number of carbonyl (C=O) groups excluding carboxylic acids is 3. The Labute approximate surface area is 276 Å². The quantitative estimate of drug-likeness (QED) is 0.139. The summed E-state index contributed by atoms with van der Waals surface area (Å²) >= 11 is 0. The van der Waals surface area contributed by atoms with E-state index in [0.717, 1.165) is 32.1 Å². The molecule has 0 amide bonds. The zero-order chi connectivity index (χ0) is 34.0. The zero-order valence-corrected chi connectivity index (χ0v) is 27.0. The van der Waals surface area contributed by atoms with Crippen molar-refractivity contribution in [1.82, 2.24) is 25.1 Å². The first-order valence-corrected chi connectivity index (χ1v) is 15.8. The van der Waals surface area contributed by atoms with Crippen LogP contribution in [0.1, 0.15) is 58.6 Å². The Hall–Kier alpha value is -4.70. The molecule has 3 aromatic rings. The lowest BCUT2D eigenvalue weighted by molar-refractivity contribution is -0.205. The fraction of sp³-hybridized carbons (Fsp3) is 0.531.